The van der Waals surface area contributed by atoms with E-state index in [1.165, 1.54) is 31.5 Å². The molecule has 0 atom stereocenters. The average Bonchev–Trinajstić information content (AvgIpc) is 3.53. The van der Waals surface area contributed by atoms with Crippen LogP contribution in [0.1, 0.15) is 57.7 Å². The minimum absolute atomic E-state index is 0.474. The third-order valence-electron chi connectivity index (χ3n) is 5.90. The minimum Gasteiger partial charge on any atom is -0.334 e. The van der Waals surface area contributed by atoms with E-state index in [4.69, 9.17) is 28.2 Å². The van der Waals surface area contributed by atoms with Gasteiger partial charge in [0, 0.05) is 29.9 Å². The highest BCUT2D eigenvalue weighted by molar-refractivity contribution is 6.42. The second-order valence-electron chi connectivity index (χ2n) is 9.13. The van der Waals surface area contributed by atoms with Gasteiger partial charge < -0.3 is 14.8 Å². The lowest BCUT2D eigenvalue weighted by Gasteiger charge is -2.28. The average molecular weight is 504 g/mol. The number of piperidine rings is 1. The molecule has 8 heteroatoms. The minimum atomic E-state index is 0.474. The summed E-state index contributed by atoms with van der Waals surface area (Å²) >= 11 is 12.2. The Kier molecular flexibility index (Phi) is 9.74. The number of likely N-dealkylation sites (tertiary alicyclic amines) is 1. The van der Waals surface area contributed by atoms with Gasteiger partial charge in [0.1, 0.15) is 5.82 Å². The van der Waals surface area contributed by atoms with Crippen molar-refractivity contribution in [2.24, 2.45) is 9.98 Å². The summed E-state index contributed by atoms with van der Waals surface area (Å²) in [4.78, 5) is 15.4. The topological polar surface area (TPSA) is 57.8 Å². The molecule has 4 rings (SSSR count). The van der Waals surface area contributed by atoms with Gasteiger partial charge in [0.25, 0.3) is 0 Å². The number of guanidine groups is 1. The number of nitrogens with zero attached hydrogens (tertiary/aromatic N) is 5. The number of imidazole rings is 1. The molecule has 1 aliphatic carbocycles. The molecule has 1 aliphatic heterocycles. The number of benzene rings is 1. The van der Waals surface area contributed by atoms with Crippen molar-refractivity contribution in [1.82, 2.24) is 19.8 Å². The molecule has 2 aliphatic rings. The normalized spacial score (nSPS) is 17.1. The van der Waals surface area contributed by atoms with Gasteiger partial charge in [-0.05, 0) is 78.0 Å². The maximum Gasteiger partial charge on any atom is 0.221 e. The van der Waals surface area contributed by atoms with Crippen LogP contribution in [0.3, 0.4) is 0 Å². The number of halogens is 2. The molecule has 1 saturated heterocycles. The molecule has 1 aromatic heterocycles. The maximum atomic E-state index is 6.16. The van der Waals surface area contributed by atoms with Crippen molar-refractivity contribution in [3.8, 4) is 11.3 Å². The van der Waals surface area contributed by atoms with Crippen LogP contribution in [0.15, 0.2) is 46.7 Å². The number of hydrogen-bond acceptors (Lipinski definition) is 3. The molecule has 0 amide bonds. The molecule has 1 N–H and O–H groups in total. The van der Waals surface area contributed by atoms with Crippen LogP contribution in [0, 0.1) is 0 Å². The van der Waals surface area contributed by atoms with Gasteiger partial charge in [-0.1, -0.05) is 42.8 Å². The predicted molar refractivity (Wildman–Crippen MR) is 145 cm³/mol. The van der Waals surface area contributed by atoms with E-state index in [-0.39, 0.29) is 0 Å². The first kappa shape index (κ1) is 26.5. The van der Waals surface area contributed by atoms with Crippen molar-refractivity contribution in [3.05, 3.63) is 52.5 Å². The van der Waals surface area contributed by atoms with Gasteiger partial charge in [0.05, 0.1) is 21.8 Å². The van der Waals surface area contributed by atoms with Gasteiger partial charge in [-0.2, -0.15) is 0 Å². The van der Waals surface area contributed by atoms with Crippen LogP contribution < -0.4 is 5.32 Å². The number of aliphatic imine (C=N–C) groups is 2. The Morgan fingerprint density at radius 2 is 1.88 bits per heavy atom. The van der Waals surface area contributed by atoms with Gasteiger partial charge in [-0.15, -0.1) is 0 Å². The summed E-state index contributed by atoms with van der Waals surface area (Å²) in [5.74, 6) is 2.37. The van der Waals surface area contributed by atoms with E-state index < -0.39 is 0 Å². The number of hydrogen-bond donors (Lipinski definition) is 1. The van der Waals surface area contributed by atoms with E-state index in [9.17, 15) is 0 Å². The molecule has 1 aromatic carbocycles. The number of aromatic nitrogens is 2. The van der Waals surface area contributed by atoms with Gasteiger partial charge in [0.15, 0.2) is 0 Å². The highest BCUT2D eigenvalue weighted by Crippen LogP contribution is 2.32. The van der Waals surface area contributed by atoms with Crippen LogP contribution in [0.2, 0.25) is 10.0 Å². The van der Waals surface area contributed by atoms with Crippen molar-refractivity contribution < 1.29 is 0 Å². The first-order valence-corrected chi connectivity index (χ1v) is 12.7. The molecule has 0 radical (unpaired) electrons. The molecule has 6 nitrogen and oxygen atoms in total. The van der Waals surface area contributed by atoms with Crippen LogP contribution in [-0.2, 0) is 6.54 Å². The Hall–Kier alpha value is -2.15. The summed E-state index contributed by atoms with van der Waals surface area (Å²) in [6.07, 6.45) is 7.98. The van der Waals surface area contributed by atoms with Gasteiger partial charge in [0.2, 0.25) is 5.96 Å². The Morgan fingerprint density at radius 1 is 1.18 bits per heavy atom. The first-order chi connectivity index (χ1) is 16.3. The van der Waals surface area contributed by atoms with Crippen LogP contribution in [0.5, 0.6) is 0 Å². The van der Waals surface area contributed by atoms with Crippen molar-refractivity contribution in [2.45, 2.75) is 64.5 Å². The quantitative estimate of drug-likeness (QED) is 0.366. The standard InChI is InChI=1S/C18H23Cl2N3.C8H13N3/c1-3-8-23-12-17(14-4-5-15(19)16(20)11-14)21-18(23)13-6-9-22(2)10-7-13;1-6(2)10-8(9-3)11-7-4-5-7/h4-5,11-13H,3,6-10H2,1-2H3;7H,1,3-5H2,2H3,(H,10,11). The number of nitrogens with one attached hydrogen (secondary N) is 1. The maximum absolute atomic E-state index is 6.16. The summed E-state index contributed by atoms with van der Waals surface area (Å²) < 4.78 is 2.33. The Balaban J connectivity index is 0.000000248. The predicted octanol–water partition coefficient (Wildman–Crippen LogP) is 6.40. The Labute approximate surface area is 213 Å². The van der Waals surface area contributed by atoms with Crippen molar-refractivity contribution in [1.29, 1.82) is 0 Å². The second kappa shape index (κ2) is 12.5. The van der Waals surface area contributed by atoms with E-state index >= 15 is 0 Å². The smallest absolute Gasteiger partial charge is 0.221 e. The molecule has 0 bridgehead atoms. The third-order valence-corrected chi connectivity index (χ3v) is 6.64. The molecule has 184 valence electrons. The van der Waals surface area contributed by atoms with E-state index in [1.807, 2.05) is 25.1 Å². The van der Waals surface area contributed by atoms with E-state index in [0.29, 0.717) is 28.0 Å². The second-order valence-corrected chi connectivity index (χ2v) is 9.95. The molecule has 1 saturated carbocycles. The SMILES string of the molecule is C=NC(=NC1CC1)NC(=C)C.CCCn1cc(-c2ccc(Cl)c(Cl)c2)nc1C1CCN(C)CC1. The molecule has 34 heavy (non-hydrogen) atoms. The van der Waals surface area contributed by atoms with E-state index in [1.54, 1.807) is 0 Å². The molecule has 2 heterocycles. The lowest BCUT2D eigenvalue weighted by atomic mass is 9.96. The van der Waals surface area contributed by atoms with Crippen LogP contribution in [0.4, 0.5) is 0 Å². The molecule has 0 spiro atoms. The van der Waals surface area contributed by atoms with Crippen LogP contribution in [-0.4, -0.2) is 53.3 Å². The van der Waals surface area contributed by atoms with Crippen molar-refractivity contribution in [3.63, 3.8) is 0 Å². The molecule has 2 fully saturated rings. The Bertz CT molecular complexity index is 1020. The lowest BCUT2D eigenvalue weighted by molar-refractivity contribution is 0.248. The number of allylic oxidation sites excluding steroid dienone is 1. The molecule has 2 aromatic rings. The Morgan fingerprint density at radius 3 is 2.44 bits per heavy atom. The van der Waals surface area contributed by atoms with Gasteiger partial charge in [-0.25, -0.2) is 15.0 Å². The van der Waals surface area contributed by atoms with E-state index in [2.05, 4.69) is 58.2 Å². The molecular formula is C26H36Cl2N6. The third kappa shape index (κ3) is 7.69. The summed E-state index contributed by atoms with van der Waals surface area (Å²) in [6, 6.07) is 6.21. The lowest BCUT2D eigenvalue weighted by Crippen LogP contribution is -2.30. The van der Waals surface area contributed by atoms with E-state index in [0.717, 1.165) is 43.0 Å². The zero-order chi connectivity index (χ0) is 24.7. The van der Waals surface area contributed by atoms with Crippen LogP contribution >= 0.6 is 23.2 Å². The summed E-state index contributed by atoms with van der Waals surface area (Å²) in [5.41, 5.74) is 2.87. The fraction of sp³-hybridized carbons (Fsp3) is 0.500. The molecular weight excluding hydrogens is 467 g/mol. The highest BCUT2D eigenvalue weighted by Gasteiger charge is 2.24. The highest BCUT2D eigenvalue weighted by atomic mass is 35.5. The van der Waals surface area contributed by atoms with Crippen LogP contribution in [0.25, 0.3) is 11.3 Å². The molecule has 0 unspecified atom stereocenters. The fourth-order valence-electron chi connectivity index (χ4n) is 3.92. The number of rotatable bonds is 6. The zero-order valence-electron chi connectivity index (χ0n) is 20.5. The monoisotopic (exact) mass is 502 g/mol. The summed E-state index contributed by atoms with van der Waals surface area (Å²) in [7, 11) is 2.19. The first-order valence-electron chi connectivity index (χ1n) is 12.0. The largest absolute Gasteiger partial charge is 0.334 e. The van der Waals surface area contributed by atoms with Crippen molar-refractivity contribution >= 4 is 35.9 Å². The zero-order valence-corrected chi connectivity index (χ0v) is 22.0. The van der Waals surface area contributed by atoms with Gasteiger partial charge in [-0.3, -0.25) is 0 Å². The fourth-order valence-corrected chi connectivity index (χ4v) is 4.22. The van der Waals surface area contributed by atoms with Crippen molar-refractivity contribution in [2.75, 3.05) is 20.1 Å². The summed E-state index contributed by atoms with van der Waals surface area (Å²) in [6.45, 7) is 14.5. The van der Waals surface area contributed by atoms with Gasteiger partial charge >= 0.3 is 0 Å². The summed E-state index contributed by atoms with van der Waals surface area (Å²) in [5, 5.41) is 4.09. The number of aryl methyl sites for hydroxylation is 1.